The average molecular weight is 503 g/mol. The first kappa shape index (κ1) is 24.6. The highest BCUT2D eigenvalue weighted by Gasteiger charge is 2.17. The van der Waals surface area contributed by atoms with Gasteiger partial charge in [0.05, 0.1) is 23.5 Å². The van der Waals surface area contributed by atoms with Gasteiger partial charge in [0, 0.05) is 23.4 Å². The molecule has 11 heteroatoms. The fourth-order valence-electron chi connectivity index (χ4n) is 3.30. The van der Waals surface area contributed by atoms with E-state index in [0.29, 0.717) is 22.3 Å². The molecule has 1 amide bonds. The molecule has 182 valence electrons. The van der Waals surface area contributed by atoms with Crippen molar-refractivity contribution in [1.29, 1.82) is 0 Å². The number of aromatic nitrogens is 3. The monoisotopic (exact) mass is 502 g/mol. The van der Waals surface area contributed by atoms with Crippen LogP contribution in [0, 0.1) is 10.1 Å². The number of hydrogen-bond acceptors (Lipinski definition) is 8. The van der Waals surface area contributed by atoms with Crippen molar-refractivity contribution in [2.24, 2.45) is 5.10 Å². The molecular weight excluding hydrogens is 480 g/mol. The molecule has 0 aliphatic carbocycles. The molecule has 4 rings (SSSR count). The second-order valence-electron chi connectivity index (χ2n) is 7.53. The number of nitrogens with one attached hydrogen (secondary N) is 1. The maximum atomic E-state index is 12.5. The average Bonchev–Trinajstić information content (AvgIpc) is 3.35. The first-order valence-electron chi connectivity index (χ1n) is 10.8. The Hall–Kier alpha value is -4.51. The number of hydrogen-bond donors (Lipinski definition) is 1. The Kier molecular flexibility index (Phi) is 7.71. The minimum Gasteiger partial charge on any atom is -0.497 e. The number of nitro groups is 1. The predicted octanol–water partition coefficient (Wildman–Crippen LogP) is 4.48. The SMILES string of the molecule is COc1ccc(-n2c(SCC(=O)N/N=C(\C)c3ccc([N+](=O)[O-])cc3)nnc2-c2ccccc2)cc1. The van der Waals surface area contributed by atoms with Gasteiger partial charge in [-0.25, -0.2) is 5.43 Å². The van der Waals surface area contributed by atoms with E-state index in [2.05, 4.69) is 20.7 Å². The first-order valence-corrected chi connectivity index (χ1v) is 11.8. The maximum Gasteiger partial charge on any atom is 0.269 e. The van der Waals surface area contributed by atoms with Crippen molar-refractivity contribution in [1.82, 2.24) is 20.2 Å². The summed E-state index contributed by atoms with van der Waals surface area (Å²) in [6.45, 7) is 1.71. The molecule has 1 aromatic heterocycles. The van der Waals surface area contributed by atoms with Crippen molar-refractivity contribution in [2.45, 2.75) is 12.1 Å². The number of methoxy groups -OCH3 is 1. The molecule has 10 nitrogen and oxygen atoms in total. The third-order valence-electron chi connectivity index (χ3n) is 5.17. The van der Waals surface area contributed by atoms with E-state index in [1.807, 2.05) is 59.2 Å². The van der Waals surface area contributed by atoms with E-state index in [4.69, 9.17) is 4.74 Å². The van der Waals surface area contributed by atoms with Crippen LogP contribution in [0.25, 0.3) is 17.1 Å². The van der Waals surface area contributed by atoms with Crippen LogP contribution in [0.4, 0.5) is 5.69 Å². The summed E-state index contributed by atoms with van der Waals surface area (Å²) in [4.78, 5) is 22.8. The quantitative estimate of drug-likeness (QED) is 0.155. The Morgan fingerprint density at radius 3 is 2.39 bits per heavy atom. The lowest BCUT2D eigenvalue weighted by atomic mass is 10.1. The molecule has 0 aliphatic rings. The summed E-state index contributed by atoms with van der Waals surface area (Å²) >= 11 is 1.23. The molecule has 0 fully saturated rings. The van der Waals surface area contributed by atoms with Gasteiger partial charge in [0.1, 0.15) is 5.75 Å². The van der Waals surface area contributed by atoms with Crippen LogP contribution in [-0.4, -0.2) is 44.2 Å². The van der Waals surface area contributed by atoms with Gasteiger partial charge in [0.25, 0.3) is 11.6 Å². The number of amides is 1. The lowest BCUT2D eigenvalue weighted by Gasteiger charge is -2.11. The fraction of sp³-hybridized carbons (Fsp3) is 0.120. The van der Waals surface area contributed by atoms with E-state index in [0.717, 1.165) is 17.0 Å². The Morgan fingerprint density at radius 1 is 1.06 bits per heavy atom. The standard InChI is InChI=1S/C25H22N6O4S/c1-17(18-8-10-21(11-9-18)31(33)34)26-27-23(32)16-36-25-29-28-24(19-6-4-3-5-7-19)30(25)20-12-14-22(35-2)15-13-20/h3-15H,16H2,1-2H3,(H,27,32)/b26-17+. The summed E-state index contributed by atoms with van der Waals surface area (Å²) in [6.07, 6.45) is 0. The molecule has 36 heavy (non-hydrogen) atoms. The maximum absolute atomic E-state index is 12.5. The molecule has 1 N–H and O–H groups in total. The lowest BCUT2D eigenvalue weighted by molar-refractivity contribution is -0.384. The molecular formula is C25H22N6O4S. The van der Waals surface area contributed by atoms with Crippen molar-refractivity contribution in [3.05, 3.63) is 94.5 Å². The lowest BCUT2D eigenvalue weighted by Crippen LogP contribution is -2.21. The van der Waals surface area contributed by atoms with Crippen LogP contribution >= 0.6 is 11.8 Å². The first-order chi connectivity index (χ1) is 17.5. The van der Waals surface area contributed by atoms with Crippen molar-refractivity contribution < 1.29 is 14.5 Å². The zero-order valence-electron chi connectivity index (χ0n) is 19.5. The van der Waals surface area contributed by atoms with Gasteiger partial charge < -0.3 is 4.74 Å². The number of nitro benzene ring substituents is 1. The summed E-state index contributed by atoms with van der Waals surface area (Å²) in [6, 6.07) is 23.1. The van der Waals surface area contributed by atoms with Gasteiger partial charge >= 0.3 is 0 Å². The minimum atomic E-state index is -0.469. The summed E-state index contributed by atoms with van der Waals surface area (Å²) in [5.74, 6) is 1.10. The van der Waals surface area contributed by atoms with Crippen molar-refractivity contribution in [2.75, 3.05) is 12.9 Å². The number of benzene rings is 3. The minimum absolute atomic E-state index is 0.0113. The topological polar surface area (TPSA) is 125 Å². The molecule has 0 saturated heterocycles. The number of hydrazone groups is 1. The summed E-state index contributed by atoms with van der Waals surface area (Å²) in [5.41, 5.74) is 5.42. The van der Waals surface area contributed by atoms with E-state index in [1.165, 1.54) is 23.9 Å². The zero-order valence-corrected chi connectivity index (χ0v) is 20.3. The van der Waals surface area contributed by atoms with Gasteiger partial charge in [-0.1, -0.05) is 42.1 Å². The van der Waals surface area contributed by atoms with E-state index in [1.54, 1.807) is 26.2 Å². The van der Waals surface area contributed by atoms with Crippen LogP contribution in [0.1, 0.15) is 12.5 Å². The number of carbonyl (C=O) groups is 1. The Bertz CT molecular complexity index is 1390. The van der Waals surface area contributed by atoms with Gasteiger partial charge in [-0.05, 0) is 48.9 Å². The van der Waals surface area contributed by atoms with Gasteiger partial charge in [0.2, 0.25) is 0 Å². The van der Waals surface area contributed by atoms with E-state index in [9.17, 15) is 14.9 Å². The van der Waals surface area contributed by atoms with Crippen LogP contribution in [0.2, 0.25) is 0 Å². The van der Waals surface area contributed by atoms with Crippen molar-refractivity contribution >= 4 is 29.1 Å². The molecule has 0 radical (unpaired) electrons. The molecule has 0 unspecified atom stereocenters. The number of thioether (sulfide) groups is 1. The third kappa shape index (κ3) is 5.76. The molecule has 0 spiro atoms. The number of carbonyl (C=O) groups excluding carboxylic acids is 1. The molecule has 4 aromatic rings. The number of ether oxygens (including phenoxy) is 1. The number of non-ortho nitro benzene ring substituents is 1. The second-order valence-corrected chi connectivity index (χ2v) is 8.47. The van der Waals surface area contributed by atoms with Gasteiger partial charge in [-0.3, -0.25) is 19.5 Å². The zero-order chi connectivity index (χ0) is 25.5. The van der Waals surface area contributed by atoms with E-state index in [-0.39, 0.29) is 17.3 Å². The van der Waals surface area contributed by atoms with Crippen LogP contribution < -0.4 is 10.2 Å². The molecule has 0 bridgehead atoms. The largest absolute Gasteiger partial charge is 0.497 e. The van der Waals surface area contributed by atoms with Crippen molar-refractivity contribution in [3.8, 4) is 22.8 Å². The van der Waals surface area contributed by atoms with Gasteiger partial charge in [0.15, 0.2) is 11.0 Å². The summed E-state index contributed by atoms with van der Waals surface area (Å²) < 4.78 is 7.15. The summed E-state index contributed by atoms with van der Waals surface area (Å²) in [7, 11) is 1.61. The molecule has 0 saturated carbocycles. The van der Waals surface area contributed by atoms with Gasteiger partial charge in [-0.2, -0.15) is 5.10 Å². The van der Waals surface area contributed by atoms with Crippen LogP contribution in [0.5, 0.6) is 5.75 Å². The summed E-state index contributed by atoms with van der Waals surface area (Å²) in [5, 5.41) is 24.2. The Morgan fingerprint density at radius 2 is 1.75 bits per heavy atom. The highest BCUT2D eigenvalue weighted by Crippen LogP contribution is 2.28. The predicted molar refractivity (Wildman–Crippen MR) is 138 cm³/mol. The third-order valence-corrected chi connectivity index (χ3v) is 6.10. The molecule has 0 aliphatic heterocycles. The van der Waals surface area contributed by atoms with E-state index < -0.39 is 4.92 Å². The molecule has 3 aromatic carbocycles. The Balaban J connectivity index is 1.49. The highest BCUT2D eigenvalue weighted by molar-refractivity contribution is 7.99. The Labute approximate surface area is 211 Å². The number of rotatable bonds is 9. The highest BCUT2D eigenvalue weighted by atomic mass is 32.2. The van der Waals surface area contributed by atoms with Crippen LogP contribution in [0.15, 0.2) is 89.1 Å². The van der Waals surface area contributed by atoms with Gasteiger partial charge in [-0.15, -0.1) is 10.2 Å². The normalized spacial score (nSPS) is 11.2. The van der Waals surface area contributed by atoms with E-state index >= 15 is 0 Å². The van der Waals surface area contributed by atoms with Crippen LogP contribution in [0.3, 0.4) is 0 Å². The second kappa shape index (κ2) is 11.3. The number of nitrogens with zero attached hydrogens (tertiary/aromatic N) is 5. The van der Waals surface area contributed by atoms with Crippen LogP contribution in [-0.2, 0) is 4.79 Å². The van der Waals surface area contributed by atoms with Crippen molar-refractivity contribution in [3.63, 3.8) is 0 Å². The molecule has 1 heterocycles. The fourth-order valence-corrected chi connectivity index (χ4v) is 4.04. The molecule has 0 atom stereocenters. The smallest absolute Gasteiger partial charge is 0.269 e.